The summed E-state index contributed by atoms with van der Waals surface area (Å²) in [6.45, 7) is 6.84. The summed E-state index contributed by atoms with van der Waals surface area (Å²) in [5.74, 6) is 2.97. The molecule has 0 bridgehead atoms. The highest BCUT2D eigenvalue weighted by Gasteiger charge is 2.14. The van der Waals surface area contributed by atoms with E-state index in [1.54, 1.807) is 11.8 Å². The van der Waals surface area contributed by atoms with Crippen LogP contribution in [0.4, 0.5) is 0 Å². The first-order valence-corrected chi connectivity index (χ1v) is 8.29. The number of amides is 1. The number of rotatable bonds is 7. The van der Waals surface area contributed by atoms with Crippen molar-refractivity contribution >= 4 is 30.1 Å². The summed E-state index contributed by atoms with van der Waals surface area (Å²) in [5, 5.41) is 10.2. The zero-order valence-electron chi connectivity index (χ0n) is 12.6. The zero-order valence-corrected chi connectivity index (χ0v) is 14.2. The number of halogens is 1. The molecule has 1 aromatic heterocycles. The number of thioether (sulfide) groups is 1. The van der Waals surface area contributed by atoms with Gasteiger partial charge in [0.25, 0.3) is 0 Å². The molecule has 0 aromatic carbocycles. The number of aromatic nitrogens is 1. The Morgan fingerprint density at radius 2 is 2.33 bits per heavy atom. The molecule has 7 heteroatoms. The van der Waals surface area contributed by atoms with Crippen LogP contribution in [0.5, 0.6) is 0 Å². The number of hydrogen-bond donors (Lipinski definition) is 2. The second kappa shape index (κ2) is 9.33. The zero-order chi connectivity index (χ0) is 14.4. The molecule has 2 heterocycles. The molecule has 1 aliphatic heterocycles. The lowest BCUT2D eigenvalue weighted by molar-refractivity contribution is -0.118. The minimum Gasteiger partial charge on any atom is -0.361 e. The van der Waals surface area contributed by atoms with Gasteiger partial charge in [0.05, 0.1) is 11.4 Å². The van der Waals surface area contributed by atoms with Gasteiger partial charge in [-0.3, -0.25) is 4.79 Å². The van der Waals surface area contributed by atoms with Crippen molar-refractivity contribution in [1.29, 1.82) is 0 Å². The van der Waals surface area contributed by atoms with E-state index < -0.39 is 0 Å². The number of aryl methyl sites for hydroxylation is 2. The Morgan fingerprint density at radius 1 is 1.52 bits per heavy atom. The Hall–Kier alpha value is -0.720. The lowest BCUT2D eigenvalue weighted by Crippen LogP contribution is -2.27. The van der Waals surface area contributed by atoms with Gasteiger partial charge >= 0.3 is 0 Å². The fourth-order valence-electron chi connectivity index (χ4n) is 2.38. The molecule has 0 saturated carbocycles. The van der Waals surface area contributed by atoms with Crippen LogP contribution in [0.1, 0.15) is 29.9 Å². The van der Waals surface area contributed by atoms with E-state index in [0.29, 0.717) is 5.75 Å². The van der Waals surface area contributed by atoms with Gasteiger partial charge in [0.2, 0.25) is 5.91 Å². The van der Waals surface area contributed by atoms with Crippen molar-refractivity contribution in [3.63, 3.8) is 0 Å². The van der Waals surface area contributed by atoms with Crippen LogP contribution in [0.25, 0.3) is 0 Å². The smallest absolute Gasteiger partial charge is 0.230 e. The quantitative estimate of drug-likeness (QED) is 0.799. The van der Waals surface area contributed by atoms with E-state index in [9.17, 15) is 4.79 Å². The second-order valence-corrected chi connectivity index (χ2v) is 6.28. The minimum atomic E-state index is 0. The number of hydrogen-bond acceptors (Lipinski definition) is 5. The van der Waals surface area contributed by atoms with Gasteiger partial charge in [-0.2, -0.15) is 0 Å². The highest BCUT2D eigenvalue weighted by Crippen LogP contribution is 2.19. The number of carbonyl (C=O) groups is 1. The summed E-state index contributed by atoms with van der Waals surface area (Å²) >= 11 is 1.61. The monoisotopic (exact) mass is 333 g/mol. The van der Waals surface area contributed by atoms with Crippen molar-refractivity contribution in [2.45, 2.75) is 32.4 Å². The summed E-state index contributed by atoms with van der Waals surface area (Å²) in [4.78, 5) is 11.7. The first-order valence-electron chi connectivity index (χ1n) is 7.13. The third-order valence-electron chi connectivity index (χ3n) is 3.70. The van der Waals surface area contributed by atoms with E-state index >= 15 is 0 Å². The van der Waals surface area contributed by atoms with Gasteiger partial charge in [-0.25, -0.2) is 0 Å². The average Bonchev–Trinajstić information content (AvgIpc) is 3.03. The fourth-order valence-corrected chi connectivity index (χ4v) is 3.39. The van der Waals surface area contributed by atoms with Gasteiger partial charge < -0.3 is 15.2 Å². The highest BCUT2D eigenvalue weighted by atomic mass is 35.5. The normalized spacial score (nSPS) is 17.5. The maximum Gasteiger partial charge on any atom is 0.230 e. The van der Waals surface area contributed by atoms with Crippen LogP contribution in [0.15, 0.2) is 4.52 Å². The van der Waals surface area contributed by atoms with E-state index in [4.69, 9.17) is 4.52 Å². The van der Waals surface area contributed by atoms with Crippen LogP contribution in [0, 0.1) is 19.8 Å². The van der Waals surface area contributed by atoms with Gasteiger partial charge in [-0.1, -0.05) is 5.16 Å². The molecule has 1 unspecified atom stereocenters. The Bertz CT molecular complexity index is 428. The van der Waals surface area contributed by atoms with Crippen molar-refractivity contribution < 1.29 is 9.32 Å². The Balaban J connectivity index is 0.00000220. The van der Waals surface area contributed by atoms with Crippen molar-refractivity contribution in [1.82, 2.24) is 15.8 Å². The molecule has 2 N–H and O–H groups in total. The first kappa shape index (κ1) is 18.3. The third-order valence-corrected chi connectivity index (χ3v) is 4.66. The molecule has 1 atom stereocenters. The highest BCUT2D eigenvalue weighted by molar-refractivity contribution is 7.99. The number of carbonyl (C=O) groups excluding carboxylic acids is 1. The van der Waals surface area contributed by atoms with Crippen molar-refractivity contribution in [2.75, 3.05) is 25.4 Å². The van der Waals surface area contributed by atoms with E-state index in [0.717, 1.165) is 54.7 Å². The fraction of sp³-hybridized carbons (Fsp3) is 0.714. The molecule has 0 aliphatic carbocycles. The van der Waals surface area contributed by atoms with Gasteiger partial charge in [0.1, 0.15) is 5.76 Å². The van der Waals surface area contributed by atoms with E-state index in [1.807, 2.05) is 13.8 Å². The lowest BCUT2D eigenvalue weighted by atomic mass is 10.1. The average molecular weight is 334 g/mol. The SMILES string of the molecule is Cc1noc(C)c1CSCC(=O)NCCC1CCNC1.Cl. The van der Waals surface area contributed by atoms with Crippen LogP contribution in [0.3, 0.4) is 0 Å². The molecular weight excluding hydrogens is 310 g/mol. The van der Waals surface area contributed by atoms with Crippen LogP contribution >= 0.6 is 24.2 Å². The van der Waals surface area contributed by atoms with Crippen LogP contribution in [-0.2, 0) is 10.5 Å². The molecule has 120 valence electrons. The summed E-state index contributed by atoms with van der Waals surface area (Å²) < 4.78 is 5.10. The maximum atomic E-state index is 11.7. The van der Waals surface area contributed by atoms with E-state index in [-0.39, 0.29) is 18.3 Å². The van der Waals surface area contributed by atoms with E-state index in [2.05, 4.69) is 15.8 Å². The number of nitrogens with one attached hydrogen (secondary N) is 2. The molecule has 1 amide bonds. The Labute approximate surface area is 136 Å². The molecule has 21 heavy (non-hydrogen) atoms. The lowest BCUT2D eigenvalue weighted by Gasteiger charge is -2.09. The maximum absolute atomic E-state index is 11.7. The molecule has 1 fully saturated rings. The summed E-state index contributed by atoms with van der Waals surface area (Å²) in [5.41, 5.74) is 2.03. The molecular formula is C14H24ClN3O2S. The van der Waals surface area contributed by atoms with Crippen molar-refractivity contribution in [3.05, 3.63) is 17.0 Å². The number of nitrogens with zero attached hydrogens (tertiary/aromatic N) is 1. The Morgan fingerprint density at radius 3 is 2.95 bits per heavy atom. The summed E-state index contributed by atoms with van der Waals surface area (Å²) in [7, 11) is 0. The molecule has 0 radical (unpaired) electrons. The first-order chi connectivity index (χ1) is 9.66. The van der Waals surface area contributed by atoms with Crippen molar-refractivity contribution in [3.8, 4) is 0 Å². The molecule has 1 aliphatic rings. The van der Waals surface area contributed by atoms with Crippen molar-refractivity contribution in [2.24, 2.45) is 5.92 Å². The van der Waals surface area contributed by atoms with Gasteiger partial charge in [-0.05, 0) is 45.7 Å². The second-order valence-electron chi connectivity index (χ2n) is 5.29. The topological polar surface area (TPSA) is 67.2 Å². The molecule has 5 nitrogen and oxygen atoms in total. The van der Waals surface area contributed by atoms with Gasteiger partial charge in [0, 0.05) is 17.9 Å². The van der Waals surface area contributed by atoms with Crippen LogP contribution in [-0.4, -0.2) is 36.5 Å². The molecule has 0 spiro atoms. The van der Waals surface area contributed by atoms with Crippen LogP contribution in [0.2, 0.25) is 0 Å². The predicted octanol–water partition coefficient (Wildman–Crippen LogP) is 2.06. The Kier molecular flexibility index (Phi) is 8.14. The van der Waals surface area contributed by atoms with Gasteiger partial charge in [-0.15, -0.1) is 24.2 Å². The molecule has 1 saturated heterocycles. The summed E-state index contributed by atoms with van der Waals surface area (Å²) in [6.07, 6.45) is 2.31. The van der Waals surface area contributed by atoms with Gasteiger partial charge in [0.15, 0.2) is 0 Å². The third kappa shape index (κ3) is 5.88. The van der Waals surface area contributed by atoms with E-state index in [1.165, 1.54) is 6.42 Å². The molecule has 1 aromatic rings. The summed E-state index contributed by atoms with van der Waals surface area (Å²) in [6, 6.07) is 0. The largest absolute Gasteiger partial charge is 0.361 e. The predicted molar refractivity (Wildman–Crippen MR) is 88.0 cm³/mol. The van der Waals surface area contributed by atoms with Crippen LogP contribution < -0.4 is 10.6 Å². The molecule has 2 rings (SSSR count). The minimum absolute atomic E-state index is 0. The standard InChI is InChI=1S/C14H23N3O2S.ClH/c1-10-13(11(2)19-17-10)8-20-9-14(18)16-6-4-12-3-5-15-7-12;/h12,15H,3-9H2,1-2H3,(H,16,18);1H.